The van der Waals surface area contributed by atoms with Gasteiger partial charge in [0.05, 0.1) is 13.7 Å². The standard InChI is InChI=1S/C37H38N6O5/c1-46-30-18-14-28(15-19-30)22-24-39-42-36(45)37(23-7-11-27-9-3-2-4-10-27)34(32-12-5-6-13-33(32)41-43-38)48-35(40-37)29-16-20-31(21-17-29)47-26-8-25-44/h2-7,9-21,34,39,44H,8,22-26H2,1H3,(H,42,45)/b11-7+/t34-,37-/m0/s1. The molecule has 4 aromatic carbocycles. The Morgan fingerprint density at radius 1 is 1.02 bits per heavy atom. The molecule has 5 rings (SSSR count). The molecular formula is C37H38N6O5. The van der Waals surface area contributed by atoms with Crippen molar-refractivity contribution in [2.45, 2.75) is 30.9 Å². The van der Waals surface area contributed by atoms with Crippen molar-refractivity contribution in [2.24, 2.45) is 10.1 Å². The van der Waals surface area contributed by atoms with E-state index < -0.39 is 17.6 Å². The van der Waals surface area contributed by atoms with Crippen molar-refractivity contribution in [2.75, 3.05) is 26.9 Å². The first-order valence-electron chi connectivity index (χ1n) is 15.7. The summed E-state index contributed by atoms with van der Waals surface area (Å²) in [5, 5.41) is 13.0. The van der Waals surface area contributed by atoms with Crippen LogP contribution in [0.3, 0.4) is 0 Å². The minimum absolute atomic E-state index is 0.0423. The molecule has 0 unspecified atom stereocenters. The third-order valence-corrected chi connectivity index (χ3v) is 7.84. The summed E-state index contributed by atoms with van der Waals surface area (Å²) in [6, 6.07) is 31.8. The first kappa shape index (κ1) is 33.7. The van der Waals surface area contributed by atoms with Crippen LogP contribution < -0.4 is 20.3 Å². The highest BCUT2D eigenvalue weighted by molar-refractivity contribution is 6.01. The second-order valence-electron chi connectivity index (χ2n) is 11.0. The molecule has 246 valence electrons. The van der Waals surface area contributed by atoms with Gasteiger partial charge in [-0.05, 0) is 59.5 Å². The number of amides is 1. The molecule has 4 aromatic rings. The van der Waals surface area contributed by atoms with Gasteiger partial charge in [-0.2, -0.15) is 0 Å². The third kappa shape index (κ3) is 8.40. The zero-order chi connectivity index (χ0) is 33.6. The van der Waals surface area contributed by atoms with E-state index in [1.54, 1.807) is 43.5 Å². The number of carbonyl (C=O) groups is 1. The molecule has 0 aliphatic carbocycles. The van der Waals surface area contributed by atoms with Crippen LogP contribution >= 0.6 is 0 Å². The average molecular weight is 647 g/mol. The number of benzene rings is 4. The summed E-state index contributed by atoms with van der Waals surface area (Å²) in [5.74, 6) is 1.26. The van der Waals surface area contributed by atoms with Gasteiger partial charge < -0.3 is 19.3 Å². The number of nitrogens with zero attached hydrogens (tertiary/aromatic N) is 4. The SMILES string of the molecule is COc1ccc(CCNNC(=O)[C@@]2(C/C=C/c3ccccc3)N=C(c3ccc(OCCCO)cc3)O[C@H]2c2ccccc2N=[N+]=[N-])cc1. The number of carbonyl (C=O) groups excluding carboxylic acids is 1. The molecular weight excluding hydrogens is 608 g/mol. The first-order valence-corrected chi connectivity index (χ1v) is 15.7. The second-order valence-corrected chi connectivity index (χ2v) is 11.0. The third-order valence-electron chi connectivity index (χ3n) is 7.84. The molecule has 0 saturated heterocycles. The van der Waals surface area contributed by atoms with Crippen molar-refractivity contribution >= 4 is 23.6 Å². The Balaban J connectivity index is 1.48. The van der Waals surface area contributed by atoms with Gasteiger partial charge in [0.1, 0.15) is 11.5 Å². The molecule has 2 atom stereocenters. The van der Waals surface area contributed by atoms with Crippen molar-refractivity contribution in [3.8, 4) is 11.5 Å². The smallest absolute Gasteiger partial charge is 0.266 e. The molecule has 1 aliphatic rings. The lowest BCUT2D eigenvalue weighted by molar-refractivity contribution is -0.129. The van der Waals surface area contributed by atoms with Crippen LogP contribution in [0.5, 0.6) is 11.5 Å². The Labute approximate surface area is 279 Å². The van der Waals surface area contributed by atoms with E-state index in [1.807, 2.05) is 78.9 Å². The highest BCUT2D eigenvalue weighted by Gasteiger charge is 2.53. The van der Waals surface area contributed by atoms with Gasteiger partial charge in [-0.3, -0.25) is 10.2 Å². The summed E-state index contributed by atoms with van der Waals surface area (Å²) in [5.41, 5.74) is 17.4. The zero-order valence-electron chi connectivity index (χ0n) is 26.7. The number of azide groups is 1. The zero-order valence-corrected chi connectivity index (χ0v) is 26.7. The summed E-state index contributed by atoms with van der Waals surface area (Å²) >= 11 is 0. The van der Waals surface area contributed by atoms with Gasteiger partial charge in [-0.25, -0.2) is 10.4 Å². The Hall–Kier alpha value is -5.61. The van der Waals surface area contributed by atoms with Gasteiger partial charge in [-0.15, -0.1) is 0 Å². The van der Waals surface area contributed by atoms with E-state index >= 15 is 0 Å². The van der Waals surface area contributed by atoms with Gasteiger partial charge in [-0.1, -0.05) is 84.0 Å². The summed E-state index contributed by atoms with van der Waals surface area (Å²) < 4.78 is 17.5. The van der Waals surface area contributed by atoms with E-state index in [9.17, 15) is 10.3 Å². The maximum Gasteiger partial charge on any atom is 0.266 e. The quantitative estimate of drug-likeness (QED) is 0.0409. The highest BCUT2D eigenvalue weighted by atomic mass is 16.5. The van der Waals surface area contributed by atoms with Crippen LogP contribution in [0.4, 0.5) is 5.69 Å². The number of methoxy groups -OCH3 is 1. The molecule has 11 heteroatoms. The van der Waals surface area contributed by atoms with E-state index in [-0.39, 0.29) is 18.9 Å². The van der Waals surface area contributed by atoms with Crippen molar-refractivity contribution in [3.05, 3.63) is 142 Å². The normalized spacial score (nSPS) is 16.9. The summed E-state index contributed by atoms with van der Waals surface area (Å²) in [6.45, 7) is 0.887. The number of ether oxygens (including phenoxy) is 3. The molecule has 1 aliphatic heterocycles. The summed E-state index contributed by atoms with van der Waals surface area (Å²) in [7, 11) is 1.63. The van der Waals surface area contributed by atoms with Crippen LogP contribution in [0, 0.1) is 0 Å². The Bertz CT molecular complexity index is 1760. The predicted octanol–water partition coefficient (Wildman–Crippen LogP) is 6.62. The minimum atomic E-state index is -1.48. The number of aliphatic hydroxyl groups excluding tert-OH is 1. The minimum Gasteiger partial charge on any atom is -0.497 e. The van der Waals surface area contributed by atoms with E-state index in [0.717, 1.165) is 16.9 Å². The highest BCUT2D eigenvalue weighted by Crippen LogP contribution is 2.45. The Morgan fingerprint density at radius 2 is 1.75 bits per heavy atom. The van der Waals surface area contributed by atoms with E-state index in [4.69, 9.17) is 24.3 Å². The Morgan fingerprint density at radius 3 is 2.48 bits per heavy atom. The van der Waals surface area contributed by atoms with Gasteiger partial charge in [0.15, 0.2) is 11.6 Å². The van der Waals surface area contributed by atoms with E-state index in [0.29, 0.717) is 48.6 Å². The van der Waals surface area contributed by atoms with Gasteiger partial charge in [0, 0.05) is 47.7 Å². The number of aliphatic hydroxyl groups is 1. The molecule has 0 bridgehead atoms. The van der Waals surface area contributed by atoms with Crippen molar-refractivity contribution < 1.29 is 24.1 Å². The molecule has 0 saturated carbocycles. The lowest BCUT2D eigenvalue weighted by Crippen LogP contribution is -2.52. The number of hydrogen-bond donors (Lipinski definition) is 3. The molecule has 11 nitrogen and oxygen atoms in total. The molecule has 48 heavy (non-hydrogen) atoms. The van der Waals surface area contributed by atoms with Gasteiger partial charge in [0.25, 0.3) is 5.91 Å². The molecule has 0 fully saturated rings. The molecule has 1 amide bonds. The van der Waals surface area contributed by atoms with Crippen LogP contribution in [-0.4, -0.2) is 49.3 Å². The second kappa shape index (κ2) is 16.8. The van der Waals surface area contributed by atoms with E-state index in [2.05, 4.69) is 20.9 Å². The Kier molecular flexibility index (Phi) is 11.8. The molecule has 0 aromatic heterocycles. The average Bonchev–Trinajstić information content (AvgIpc) is 3.52. The van der Waals surface area contributed by atoms with Crippen LogP contribution in [0.25, 0.3) is 16.5 Å². The lowest BCUT2D eigenvalue weighted by Gasteiger charge is -2.30. The van der Waals surface area contributed by atoms with Crippen LogP contribution in [0.1, 0.15) is 41.2 Å². The fraction of sp³-hybridized carbons (Fsp3) is 0.243. The fourth-order valence-electron chi connectivity index (χ4n) is 5.33. The molecule has 0 spiro atoms. The lowest BCUT2D eigenvalue weighted by atomic mass is 9.83. The molecule has 0 radical (unpaired) electrons. The monoisotopic (exact) mass is 646 g/mol. The summed E-state index contributed by atoms with van der Waals surface area (Å²) in [4.78, 5) is 22.4. The van der Waals surface area contributed by atoms with Crippen LogP contribution in [0.2, 0.25) is 0 Å². The largest absolute Gasteiger partial charge is 0.497 e. The summed E-state index contributed by atoms with van der Waals surface area (Å²) in [6.07, 6.45) is 4.27. The maximum absolute atomic E-state index is 14.4. The number of hydrazine groups is 1. The number of aliphatic imine (C=N–C) groups is 1. The number of nitrogens with one attached hydrogen (secondary N) is 2. The maximum atomic E-state index is 14.4. The van der Waals surface area contributed by atoms with Crippen molar-refractivity contribution in [3.63, 3.8) is 0 Å². The van der Waals surface area contributed by atoms with Crippen LogP contribution in [-0.2, 0) is 16.0 Å². The van der Waals surface area contributed by atoms with Gasteiger partial charge >= 0.3 is 0 Å². The van der Waals surface area contributed by atoms with Crippen LogP contribution in [0.15, 0.2) is 119 Å². The number of rotatable bonds is 16. The molecule has 1 heterocycles. The van der Waals surface area contributed by atoms with Crippen molar-refractivity contribution in [1.29, 1.82) is 0 Å². The van der Waals surface area contributed by atoms with Gasteiger partial charge in [0.2, 0.25) is 5.90 Å². The number of hydrogen-bond acceptors (Lipinski definition) is 8. The first-order chi connectivity index (χ1) is 23.6. The fourth-order valence-corrected chi connectivity index (χ4v) is 5.33. The van der Waals surface area contributed by atoms with Crippen molar-refractivity contribution in [1.82, 2.24) is 10.9 Å². The molecule has 3 N–H and O–H groups in total. The van der Waals surface area contributed by atoms with E-state index in [1.165, 1.54) is 0 Å². The topological polar surface area (TPSA) is 150 Å². The predicted molar refractivity (Wildman–Crippen MR) is 185 cm³/mol.